The number of hydrogen-bond donors (Lipinski definition) is 0. The molecule has 2 rings (SSSR count). The number of alkyl halides is 3. The number of carbonyl (C=O) groups is 1. The summed E-state index contributed by atoms with van der Waals surface area (Å²) >= 11 is 12.4. The molecule has 136 valence electrons. The fourth-order valence-electron chi connectivity index (χ4n) is 2.06. The second kappa shape index (κ2) is 7.88. The van der Waals surface area contributed by atoms with Gasteiger partial charge in [0, 0.05) is 23.0 Å². The summed E-state index contributed by atoms with van der Waals surface area (Å²) in [6, 6.07) is 3.05. The molecule has 1 aromatic heterocycles. The molecular formula is C15H14Cl2F3N3OS. The van der Waals surface area contributed by atoms with Crippen molar-refractivity contribution < 1.29 is 18.0 Å². The standard InChI is InChI=1S/C15H14Cl2F3N3OS/c1-3-22(4-2)14(24)23-8-11(17)13(21-23)25-12-6-5-9(16)7-10(12)15(18,19)20/h5-8H,3-4H2,1-2H3. The van der Waals surface area contributed by atoms with Crippen LogP contribution in [0.15, 0.2) is 34.3 Å². The molecule has 0 aliphatic heterocycles. The number of nitrogens with zero attached hydrogens (tertiary/aromatic N) is 3. The SMILES string of the molecule is CCN(CC)C(=O)n1cc(Cl)c(Sc2ccc(Cl)cc2C(F)(F)F)n1. The van der Waals surface area contributed by atoms with E-state index in [1.807, 2.05) is 13.8 Å². The smallest absolute Gasteiger partial charge is 0.323 e. The summed E-state index contributed by atoms with van der Waals surface area (Å²) in [7, 11) is 0. The fraction of sp³-hybridized carbons (Fsp3) is 0.333. The highest BCUT2D eigenvalue weighted by Crippen LogP contribution is 2.41. The van der Waals surface area contributed by atoms with E-state index in [2.05, 4.69) is 5.10 Å². The van der Waals surface area contributed by atoms with Crippen LogP contribution in [0.1, 0.15) is 19.4 Å². The lowest BCUT2D eigenvalue weighted by atomic mass is 10.2. The average Bonchev–Trinajstić information content (AvgIpc) is 2.90. The molecule has 0 radical (unpaired) electrons. The molecule has 1 amide bonds. The van der Waals surface area contributed by atoms with E-state index in [1.54, 1.807) is 0 Å². The summed E-state index contributed by atoms with van der Waals surface area (Å²) < 4.78 is 40.5. The number of aromatic nitrogens is 2. The molecule has 1 heterocycles. The van der Waals surface area contributed by atoms with Crippen molar-refractivity contribution in [3.63, 3.8) is 0 Å². The van der Waals surface area contributed by atoms with Crippen LogP contribution in [0.3, 0.4) is 0 Å². The number of halogens is 5. The number of hydrogen-bond acceptors (Lipinski definition) is 3. The lowest BCUT2D eigenvalue weighted by molar-refractivity contribution is -0.139. The second-order valence-electron chi connectivity index (χ2n) is 4.92. The molecule has 10 heteroatoms. The Hall–Kier alpha value is -1.38. The van der Waals surface area contributed by atoms with Crippen LogP contribution in [-0.4, -0.2) is 33.8 Å². The maximum atomic E-state index is 13.2. The molecule has 0 fully saturated rings. The molecule has 0 spiro atoms. The van der Waals surface area contributed by atoms with Gasteiger partial charge in [-0.05, 0) is 32.0 Å². The summed E-state index contributed by atoms with van der Waals surface area (Å²) in [5.74, 6) is 0. The van der Waals surface area contributed by atoms with Crippen molar-refractivity contribution in [2.45, 2.75) is 29.9 Å². The van der Waals surface area contributed by atoms with E-state index in [4.69, 9.17) is 23.2 Å². The maximum absolute atomic E-state index is 13.2. The van der Waals surface area contributed by atoms with E-state index in [0.29, 0.717) is 13.1 Å². The minimum atomic E-state index is -4.57. The van der Waals surface area contributed by atoms with Crippen LogP contribution in [-0.2, 0) is 6.18 Å². The number of benzene rings is 1. The molecule has 0 saturated heterocycles. The van der Waals surface area contributed by atoms with Gasteiger partial charge in [0.1, 0.15) is 5.03 Å². The summed E-state index contributed by atoms with van der Waals surface area (Å²) in [5.41, 5.74) is -0.884. The van der Waals surface area contributed by atoms with Gasteiger partial charge >= 0.3 is 12.2 Å². The fourth-order valence-corrected chi connectivity index (χ4v) is 3.39. The first kappa shape index (κ1) is 19.9. The summed E-state index contributed by atoms with van der Waals surface area (Å²) in [5, 5.41) is 4.20. The third kappa shape index (κ3) is 4.62. The number of carbonyl (C=O) groups excluding carboxylic acids is 1. The van der Waals surface area contributed by atoms with Gasteiger partial charge in [-0.15, -0.1) is 0 Å². The quantitative estimate of drug-likeness (QED) is 0.650. The molecule has 0 saturated carbocycles. The summed E-state index contributed by atoms with van der Waals surface area (Å²) in [6.45, 7) is 4.58. The minimum Gasteiger partial charge on any atom is -0.323 e. The first-order valence-electron chi connectivity index (χ1n) is 7.26. The Morgan fingerprint density at radius 2 is 1.92 bits per heavy atom. The van der Waals surface area contributed by atoms with Crippen LogP contribution in [0.25, 0.3) is 0 Å². The minimum absolute atomic E-state index is 0.0231. The van der Waals surface area contributed by atoms with Gasteiger partial charge in [0.05, 0.1) is 16.8 Å². The van der Waals surface area contributed by atoms with E-state index in [-0.39, 0.29) is 20.0 Å². The molecule has 25 heavy (non-hydrogen) atoms. The van der Waals surface area contributed by atoms with Crippen molar-refractivity contribution in [1.82, 2.24) is 14.7 Å². The van der Waals surface area contributed by atoms with Gasteiger partial charge in [0.2, 0.25) is 0 Å². The largest absolute Gasteiger partial charge is 0.417 e. The van der Waals surface area contributed by atoms with Crippen LogP contribution in [0, 0.1) is 0 Å². The third-order valence-electron chi connectivity index (χ3n) is 3.32. The molecule has 0 atom stereocenters. The van der Waals surface area contributed by atoms with Gasteiger partial charge in [-0.25, -0.2) is 4.79 Å². The molecule has 0 N–H and O–H groups in total. The van der Waals surface area contributed by atoms with Gasteiger partial charge in [0.15, 0.2) is 0 Å². The monoisotopic (exact) mass is 411 g/mol. The highest BCUT2D eigenvalue weighted by Gasteiger charge is 2.34. The number of amides is 1. The molecule has 2 aromatic rings. The number of rotatable bonds is 4. The van der Waals surface area contributed by atoms with Crippen LogP contribution in [0.4, 0.5) is 18.0 Å². The van der Waals surface area contributed by atoms with Crippen molar-refractivity contribution in [3.05, 3.63) is 40.0 Å². The first-order valence-corrected chi connectivity index (χ1v) is 8.83. The van der Waals surface area contributed by atoms with E-state index in [0.717, 1.165) is 22.5 Å². The highest BCUT2D eigenvalue weighted by atomic mass is 35.5. The topological polar surface area (TPSA) is 38.1 Å². The molecule has 0 bridgehead atoms. The average molecular weight is 412 g/mol. The van der Waals surface area contributed by atoms with E-state index in [9.17, 15) is 18.0 Å². The molecule has 0 aliphatic carbocycles. The zero-order chi connectivity index (χ0) is 18.8. The molecule has 4 nitrogen and oxygen atoms in total. The van der Waals surface area contributed by atoms with Crippen molar-refractivity contribution in [2.24, 2.45) is 0 Å². The lowest BCUT2D eigenvalue weighted by Gasteiger charge is -2.17. The molecule has 1 aromatic carbocycles. The zero-order valence-electron chi connectivity index (χ0n) is 13.3. The van der Waals surface area contributed by atoms with Crippen LogP contribution in [0.5, 0.6) is 0 Å². The molecule has 0 aliphatic rings. The Morgan fingerprint density at radius 1 is 1.28 bits per heavy atom. The van der Waals surface area contributed by atoms with Crippen molar-refractivity contribution in [3.8, 4) is 0 Å². The predicted octanol–water partition coefficient (Wildman–Crippen LogP) is 5.67. The van der Waals surface area contributed by atoms with Crippen molar-refractivity contribution in [2.75, 3.05) is 13.1 Å². The van der Waals surface area contributed by atoms with Gasteiger partial charge in [-0.2, -0.15) is 23.0 Å². The predicted molar refractivity (Wildman–Crippen MR) is 91.5 cm³/mol. The third-order valence-corrected chi connectivity index (χ3v) is 5.02. The van der Waals surface area contributed by atoms with Gasteiger partial charge in [-0.1, -0.05) is 35.0 Å². The van der Waals surface area contributed by atoms with Gasteiger partial charge < -0.3 is 4.90 Å². The Labute approximate surface area is 156 Å². The second-order valence-corrected chi connectivity index (χ2v) is 6.80. The Balaban J connectivity index is 2.35. The van der Waals surface area contributed by atoms with E-state index < -0.39 is 17.8 Å². The Morgan fingerprint density at radius 3 is 2.48 bits per heavy atom. The van der Waals surface area contributed by atoms with Crippen LogP contribution >= 0.6 is 35.0 Å². The first-order chi connectivity index (χ1) is 11.7. The van der Waals surface area contributed by atoms with Crippen LogP contribution < -0.4 is 0 Å². The van der Waals surface area contributed by atoms with Crippen molar-refractivity contribution in [1.29, 1.82) is 0 Å². The maximum Gasteiger partial charge on any atom is 0.417 e. The molecule has 0 unspecified atom stereocenters. The van der Waals surface area contributed by atoms with Crippen molar-refractivity contribution >= 4 is 41.0 Å². The van der Waals surface area contributed by atoms with E-state index in [1.165, 1.54) is 23.2 Å². The highest BCUT2D eigenvalue weighted by molar-refractivity contribution is 7.99. The van der Waals surface area contributed by atoms with Crippen LogP contribution in [0.2, 0.25) is 10.0 Å². The van der Waals surface area contributed by atoms with Gasteiger partial charge in [-0.3, -0.25) is 0 Å². The van der Waals surface area contributed by atoms with E-state index >= 15 is 0 Å². The Bertz CT molecular complexity index is 776. The Kier molecular flexibility index (Phi) is 6.29. The normalized spacial score (nSPS) is 11.6. The van der Waals surface area contributed by atoms with Gasteiger partial charge in [0.25, 0.3) is 0 Å². The summed E-state index contributed by atoms with van der Waals surface area (Å²) in [6.07, 6.45) is -3.28. The summed E-state index contributed by atoms with van der Waals surface area (Å²) in [4.78, 5) is 13.7. The lowest BCUT2D eigenvalue weighted by Crippen LogP contribution is -2.34. The molecular weight excluding hydrogens is 398 g/mol. The zero-order valence-corrected chi connectivity index (χ0v) is 15.6.